The SMILES string of the molecule is C=CCNc1cc(N)c(CC=C)cc1CC=C. The highest BCUT2D eigenvalue weighted by Gasteiger charge is 2.05. The molecule has 0 radical (unpaired) electrons. The lowest BCUT2D eigenvalue weighted by Gasteiger charge is -2.13. The summed E-state index contributed by atoms with van der Waals surface area (Å²) in [5, 5.41) is 3.29. The van der Waals surface area contributed by atoms with E-state index in [1.54, 1.807) is 0 Å². The molecule has 0 fully saturated rings. The fourth-order valence-electron chi connectivity index (χ4n) is 1.72. The van der Waals surface area contributed by atoms with Gasteiger partial charge in [-0.25, -0.2) is 0 Å². The Morgan fingerprint density at radius 3 is 2.24 bits per heavy atom. The molecule has 0 spiro atoms. The Morgan fingerprint density at radius 2 is 1.65 bits per heavy atom. The van der Waals surface area contributed by atoms with E-state index in [2.05, 4.69) is 31.1 Å². The average Bonchev–Trinajstić information content (AvgIpc) is 2.32. The van der Waals surface area contributed by atoms with Crippen LogP contribution in [-0.2, 0) is 12.8 Å². The van der Waals surface area contributed by atoms with E-state index in [4.69, 9.17) is 5.73 Å². The fraction of sp³-hybridized carbons (Fsp3) is 0.200. The first kappa shape index (κ1) is 13.1. The number of anilines is 2. The number of hydrogen-bond acceptors (Lipinski definition) is 2. The van der Waals surface area contributed by atoms with Crippen molar-refractivity contribution in [3.63, 3.8) is 0 Å². The van der Waals surface area contributed by atoms with Gasteiger partial charge in [0.05, 0.1) is 0 Å². The van der Waals surface area contributed by atoms with Crippen LogP contribution in [-0.4, -0.2) is 6.54 Å². The largest absolute Gasteiger partial charge is 0.398 e. The van der Waals surface area contributed by atoms with Crippen molar-refractivity contribution in [2.75, 3.05) is 17.6 Å². The maximum Gasteiger partial charge on any atom is 0.0399 e. The van der Waals surface area contributed by atoms with Crippen LogP contribution in [0.15, 0.2) is 50.1 Å². The summed E-state index contributed by atoms with van der Waals surface area (Å²) in [4.78, 5) is 0. The molecule has 0 aliphatic rings. The van der Waals surface area contributed by atoms with E-state index in [-0.39, 0.29) is 0 Å². The molecule has 0 aliphatic heterocycles. The first-order valence-corrected chi connectivity index (χ1v) is 5.70. The van der Waals surface area contributed by atoms with Crippen LogP contribution in [0.4, 0.5) is 11.4 Å². The molecule has 0 heterocycles. The molecule has 17 heavy (non-hydrogen) atoms. The molecule has 1 aromatic rings. The molecule has 0 aliphatic carbocycles. The van der Waals surface area contributed by atoms with Crippen LogP contribution in [0.5, 0.6) is 0 Å². The van der Waals surface area contributed by atoms with Crippen molar-refractivity contribution in [1.82, 2.24) is 0 Å². The van der Waals surface area contributed by atoms with Gasteiger partial charge in [-0.1, -0.05) is 24.3 Å². The first-order valence-electron chi connectivity index (χ1n) is 5.70. The minimum Gasteiger partial charge on any atom is -0.398 e. The molecular weight excluding hydrogens is 208 g/mol. The highest BCUT2D eigenvalue weighted by atomic mass is 14.9. The standard InChI is InChI=1S/C15H20N2/c1-4-7-12-10-13(8-5-2)15(11-14(12)16)17-9-6-3/h4-6,10-11,17H,1-3,7-9,16H2. The van der Waals surface area contributed by atoms with Crippen LogP contribution in [0.25, 0.3) is 0 Å². The Labute approximate surface area is 104 Å². The van der Waals surface area contributed by atoms with Crippen LogP contribution in [0.2, 0.25) is 0 Å². The molecule has 0 bridgehead atoms. The van der Waals surface area contributed by atoms with Gasteiger partial charge in [-0.05, 0) is 30.0 Å². The zero-order valence-corrected chi connectivity index (χ0v) is 10.2. The first-order chi connectivity index (χ1) is 8.22. The summed E-state index contributed by atoms with van der Waals surface area (Å²) in [7, 11) is 0. The molecule has 1 aromatic carbocycles. The van der Waals surface area contributed by atoms with E-state index >= 15 is 0 Å². The van der Waals surface area contributed by atoms with Crippen LogP contribution >= 0.6 is 0 Å². The molecule has 90 valence electrons. The smallest absolute Gasteiger partial charge is 0.0399 e. The van der Waals surface area contributed by atoms with Gasteiger partial charge in [0.15, 0.2) is 0 Å². The fourth-order valence-corrected chi connectivity index (χ4v) is 1.72. The molecule has 2 heteroatoms. The van der Waals surface area contributed by atoms with Crippen molar-refractivity contribution in [2.24, 2.45) is 0 Å². The van der Waals surface area contributed by atoms with E-state index in [1.807, 2.05) is 24.3 Å². The summed E-state index contributed by atoms with van der Waals surface area (Å²) in [6.07, 6.45) is 7.19. The Balaban J connectivity index is 3.09. The number of nitrogen functional groups attached to an aromatic ring is 1. The molecule has 2 nitrogen and oxygen atoms in total. The van der Waals surface area contributed by atoms with Gasteiger partial charge in [-0.15, -0.1) is 19.7 Å². The predicted octanol–water partition coefficient (Wildman–Crippen LogP) is 3.32. The number of nitrogens with two attached hydrogens (primary N) is 1. The lowest BCUT2D eigenvalue weighted by atomic mass is 10.0. The molecule has 0 saturated heterocycles. The van der Waals surface area contributed by atoms with Gasteiger partial charge < -0.3 is 11.1 Å². The lowest BCUT2D eigenvalue weighted by Crippen LogP contribution is -2.04. The van der Waals surface area contributed by atoms with Gasteiger partial charge in [-0.2, -0.15) is 0 Å². The summed E-state index contributed by atoms with van der Waals surface area (Å²) in [5.74, 6) is 0. The number of rotatable bonds is 7. The van der Waals surface area contributed by atoms with Gasteiger partial charge in [0.1, 0.15) is 0 Å². The second-order valence-corrected chi connectivity index (χ2v) is 3.86. The number of hydrogen-bond donors (Lipinski definition) is 2. The van der Waals surface area contributed by atoms with Gasteiger partial charge in [0.2, 0.25) is 0 Å². The van der Waals surface area contributed by atoms with E-state index in [0.29, 0.717) is 0 Å². The van der Waals surface area contributed by atoms with Crippen molar-refractivity contribution in [2.45, 2.75) is 12.8 Å². The Hall–Kier alpha value is -1.96. The maximum atomic E-state index is 6.00. The molecule has 0 atom stereocenters. The van der Waals surface area contributed by atoms with Gasteiger partial charge >= 0.3 is 0 Å². The monoisotopic (exact) mass is 228 g/mol. The number of nitrogens with one attached hydrogen (secondary N) is 1. The maximum absolute atomic E-state index is 6.00. The zero-order chi connectivity index (χ0) is 12.7. The molecule has 0 amide bonds. The molecule has 0 saturated carbocycles. The van der Waals surface area contributed by atoms with Gasteiger partial charge in [0.25, 0.3) is 0 Å². The van der Waals surface area contributed by atoms with Crippen LogP contribution in [0, 0.1) is 0 Å². The predicted molar refractivity (Wildman–Crippen MR) is 77.3 cm³/mol. The third kappa shape index (κ3) is 3.52. The average molecular weight is 228 g/mol. The molecule has 1 rings (SSSR count). The van der Waals surface area contributed by atoms with Gasteiger partial charge in [0, 0.05) is 17.9 Å². The highest BCUT2D eigenvalue weighted by Crippen LogP contribution is 2.25. The molecule has 3 N–H and O–H groups in total. The lowest BCUT2D eigenvalue weighted by molar-refractivity contribution is 1.19. The number of benzene rings is 1. The summed E-state index contributed by atoms with van der Waals surface area (Å²) in [6.45, 7) is 11.9. The molecular formula is C15H20N2. The van der Waals surface area contributed by atoms with Crippen LogP contribution in [0.1, 0.15) is 11.1 Å². The Kier molecular flexibility index (Phi) is 5.08. The van der Waals surface area contributed by atoms with Crippen molar-refractivity contribution in [1.29, 1.82) is 0 Å². The summed E-state index contributed by atoms with van der Waals surface area (Å²) < 4.78 is 0. The van der Waals surface area contributed by atoms with E-state index in [1.165, 1.54) is 5.56 Å². The Bertz CT molecular complexity index is 419. The van der Waals surface area contributed by atoms with Crippen molar-refractivity contribution in [3.8, 4) is 0 Å². The topological polar surface area (TPSA) is 38.0 Å². The normalized spacial score (nSPS) is 9.65. The van der Waals surface area contributed by atoms with E-state index in [9.17, 15) is 0 Å². The quantitative estimate of drug-likeness (QED) is 0.555. The van der Waals surface area contributed by atoms with Crippen LogP contribution < -0.4 is 11.1 Å². The Morgan fingerprint density at radius 1 is 1.00 bits per heavy atom. The van der Waals surface area contributed by atoms with Crippen molar-refractivity contribution in [3.05, 3.63) is 61.2 Å². The third-order valence-corrected chi connectivity index (χ3v) is 2.53. The van der Waals surface area contributed by atoms with E-state index in [0.717, 1.165) is 36.3 Å². The zero-order valence-electron chi connectivity index (χ0n) is 10.2. The van der Waals surface area contributed by atoms with E-state index < -0.39 is 0 Å². The number of allylic oxidation sites excluding steroid dienone is 2. The molecule has 0 unspecified atom stereocenters. The summed E-state index contributed by atoms with van der Waals surface area (Å²) in [6, 6.07) is 4.09. The highest BCUT2D eigenvalue weighted by molar-refractivity contribution is 5.64. The summed E-state index contributed by atoms with van der Waals surface area (Å²) >= 11 is 0. The van der Waals surface area contributed by atoms with Gasteiger partial charge in [-0.3, -0.25) is 0 Å². The minimum atomic E-state index is 0.727. The van der Waals surface area contributed by atoms with Crippen molar-refractivity contribution >= 4 is 11.4 Å². The van der Waals surface area contributed by atoms with Crippen molar-refractivity contribution < 1.29 is 0 Å². The second kappa shape index (κ2) is 6.59. The third-order valence-electron chi connectivity index (χ3n) is 2.53. The summed E-state index contributed by atoms with van der Waals surface area (Å²) in [5.41, 5.74) is 10.2. The molecule has 0 aromatic heterocycles. The van der Waals surface area contributed by atoms with Crippen LogP contribution in [0.3, 0.4) is 0 Å². The second-order valence-electron chi connectivity index (χ2n) is 3.86. The minimum absolute atomic E-state index is 0.727.